The van der Waals surface area contributed by atoms with E-state index in [1.807, 2.05) is 36.1 Å². The molecule has 0 spiro atoms. The average Bonchev–Trinajstić information content (AvgIpc) is 2.42. The second-order valence-corrected chi connectivity index (χ2v) is 4.87. The van der Waals surface area contributed by atoms with Crippen LogP contribution >= 0.6 is 11.8 Å². The van der Waals surface area contributed by atoms with Crippen LogP contribution in [0, 0.1) is 0 Å². The second kappa shape index (κ2) is 6.26. The van der Waals surface area contributed by atoms with E-state index in [9.17, 15) is 0 Å². The molecule has 2 aromatic rings. The van der Waals surface area contributed by atoms with Gasteiger partial charge in [-0.25, -0.2) is 4.57 Å². The predicted octanol–water partition coefficient (Wildman–Crippen LogP) is 3.28. The standard InChI is InChI=1S/C15H16NOS/c1-16-10-7-13(8-11-16)9-12-18-15-5-3-14(17-2)4-6-15/h3-12H,1-2H3/q+1/b12-9+. The SMILES string of the molecule is COc1ccc(S/C=C/c2cc[n+](C)cc2)cc1. The van der Waals surface area contributed by atoms with Gasteiger partial charge in [-0.1, -0.05) is 11.8 Å². The maximum atomic E-state index is 5.12. The van der Waals surface area contributed by atoms with Gasteiger partial charge in [-0.3, -0.25) is 0 Å². The average molecular weight is 258 g/mol. The fourth-order valence-corrected chi connectivity index (χ4v) is 2.14. The van der Waals surface area contributed by atoms with Gasteiger partial charge in [0.2, 0.25) is 0 Å². The lowest BCUT2D eigenvalue weighted by Crippen LogP contribution is -2.25. The zero-order valence-corrected chi connectivity index (χ0v) is 11.4. The van der Waals surface area contributed by atoms with Crippen molar-refractivity contribution in [2.45, 2.75) is 4.90 Å². The quantitative estimate of drug-likeness (QED) is 0.616. The summed E-state index contributed by atoms with van der Waals surface area (Å²) in [7, 11) is 3.69. The van der Waals surface area contributed by atoms with Gasteiger partial charge in [0.15, 0.2) is 12.4 Å². The van der Waals surface area contributed by atoms with Gasteiger partial charge in [0.25, 0.3) is 0 Å². The molecule has 0 unspecified atom stereocenters. The number of pyridine rings is 1. The molecule has 0 fully saturated rings. The summed E-state index contributed by atoms with van der Waals surface area (Å²) in [5.41, 5.74) is 1.20. The number of benzene rings is 1. The molecule has 0 aliphatic rings. The first-order chi connectivity index (χ1) is 8.78. The zero-order chi connectivity index (χ0) is 12.8. The summed E-state index contributed by atoms with van der Waals surface area (Å²) in [6, 6.07) is 12.2. The lowest BCUT2D eigenvalue weighted by atomic mass is 10.3. The molecular weight excluding hydrogens is 242 g/mol. The highest BCUT2D eigenvalue weighted by Crippen LogP contribution is 2.22. The van der Waals surface area contributed by atoms with Crippen LogP contribution < -0.4 is 9.30 Å². The lowest BCUT2D eigenvalue weighted by Gasteiger charge is -2.00. The van der Waals surface area contributed by atoms with Crippen LogP contribution in [0.5, 0.6) is 5.75 Å². The number of ether oxygens (including phenoxy) is 1. The number of aryl methyl sites for hydroxylation is 1. The lowest BCUT2D eigenvalue weighted by molar-refractivity contribution is -0.671. The number of nitrogens with zero attached hydrogens (tertiary/aromatic N) is 1. The van der Waals surface area contributed by atoms with Crippen LogP contribution in [-0.4, -0.2) is 7.11 Å². The number of thioether (sulfide) groups is 1. The van der Waals surface area contributed by atoms with E-state index >= 15 is 0 Å². The number of hydrogen-bond donors (Lipinski definition) is 0. The Hall–Kier alpha value is -1.74. The van der Waals surface area contributed by atoms with Gasteiger partial charge in [0.1, 0.15) is 12.8 Å². The highest BCUT2D eigenvalue weighted by Gasteiger charge is 1.94. The minimum Gasteiger partial charge on any atom is -0.497 e. The molecule has 0 atom stereocenters. The fourth-order valence-electron chi connectivity index (χ4n) is 1.47. The summed E-state index contributed by atoms with van der Waals surface area (Å²) >= 11 is 1.70. The van der Waals surface area contributed by atoms with E-state index in [1.165, 1.54) is 10.5 Å². The minimum atomic E-state index is 0.888. The molecule has 1 aromatic heterocycles. The summed E-state index contributed by atoms with van der Waals surface area (Å²) < 4.78 is 7.15. The Balaban J connectivity index is 1.95. The minimum absolute atomic E-state index is 0.888. The maximum absolute atomic E-state index is 5.12. The maximum Gasteiger partial charge on any atom is 0.169 e. The first-order valence-electron chi connectivity index (χ1n) is 5.70. The van der Waals surface area contributed by atoms with E-state index in [0.717, 1.165) is 5.75 Å². The Labute approximate surface area is 112 Å². The highest BCUT2D eigenvalue weighted by molar-refractivity contribution is 8.02. The van der Waals surface area contributed by atoms with Crippen LogP contribution in [0.2, 0.25) is 0 Å². The molecule has 0 bridgehead atoms. The van der Waals surface area contributed by atoms with Crippen LogP contribution in [0.15, 0.2) is 59.1 Å². The molecule has 2 nitrogen and oxygen atoms in total. The highest BCUT2D eigenvalue weighted by atomic mass is 32.2. The predicted molar refractivity (Wildman–Crippen MR) is 75.5 cm³/mol. The van der Waals surface area contributed by atoms with Crippen LogP contribution in [0.3, 0.4) is 0 Å². The van der Waals surface area contributed by atoms with Crippen molar-refractivity contribution in [3.05, 3.63) is 59.8 Å². The first kappa shape index (κ1) is 12.7. The van der Waals surface area contributed by atoms with Gasteiger partial charge in [-0.2, -0.15) is 0 Å². The summed E-state index contributed by atoms with van der Waals surface area (Å²) in [5, 5.41) is 2.09. The Morgan fingerprint density at radius 1 is 1.06 bits per heavy atom. The Kier molecular flexibility index (Phi) is 4.42. The molecular formula is C15H16NOS+. The molecule has 92 valence electrons. The third-order valence-corrected chi connectivity index (χ3v) is 3.34. The normalized spacial score (nSPS) is 10.8. The molecule has 1 aromatic carbocycles. The van der Waals surface area contributed by atoms with Crippen molar-refractivity contribution in [3.8, 4) is 5.75 Å². The summed E-state index contributed by atoms with van der Waals surface area (Å²) in [5.74, 6) is 0.888. The fraction of sp³-hybridized carbons (Fsp3) is 0.133. The summed E-state index contributed by atoms with van der Waals surface area (Å²) in [6.07, 6.45) is 6.18. The van der Waals surface area contributed by atoms with Crippen molar-refractivity contribution < 1.29 is 9.30 Å². The van der Waals surface area contributed by atoms with E-state index in [1.54, 1.807) is 18.9 Å². The van der Waals surface area contributed by atoms with Crippen molar-refractivity contribution in [3.63, 3.8) is 0 Å². The van der Waals surface area contributed by atoms with Gasteiger partial charge >= 0.3 is 0 Å². The molecule has 18 heavy (non-hydrogen) atoms. The van der Waals surface area contributed by atoms with Gasteiger partial charge in [-0.05, 0) is 41.3 Å². The van der Waals surface area contributed by atoms with Gasteiger partial charge in [0.05, 0.1) is 7.11 Å². The van der Waals surface area contributed by atoms with E-state index in [4.69, 9.17) is 4.74 Å². The van der Waals surface area contributed by atoms with Crippen molar-refractivity contribution in [1.29, 1.82) is 0 Å². The van der Waals surface area contributed by atoms with Crippen molar-refractivity contribution >= 4 is 17.8 Å². The third-order valence-electron chi connectivity index (χ3n) is 2.53. The molecule has 0 radical (unpaired) electrons. The molecule has 0 saturated heterocycles. The van der Waals surface area contributed by atoms with Crippen molar-refractivity contribution in [2.24, 2.45) is 7.05 Å². The van der Waals surface area contributed by atoms with Gasteiger partial charge in [-0.15, -0.1) is 0 Å². The van der Waals surface area contributed by atoms with Crippen LogP contribution in [0.25, 0.3) is 6.08 Å². The van der Waals surface area contributed by atoms with E-state index in [-0.39, 0.29) is 0 Å². The second-order valence-electron chi connectivity index (χ2n) is 3.89. The van der Waals surface area contributed by atoms with Crippen LogP contribution in [0.1, 0.15) is 5.56 Å². The topological polar surface area (TPSA) is 13.1 Å². The monoisotopic (exact) mass is 258 g/mol. The molecule has 0 saturated carbocycles. The van der Waals surface area contributed by atoms with Crippen molar-refractivity contribution in [2.75, 3.05) is 7.11 Å². The van der Waals surface area contributed by atoms with Crippen LogP contribution in [-0.2, 0) is 7.05 Å². The largest absolute Gasteiger partial charge is 0.497 e. The summed E-state index contributed by atoms with van der Waals surface area (Å²) in [4.78, 5) is 1.20. The van der Waals surface area contributed by atoms with Crippen LogP contribution in [0.4, 0.5) is 0 Å². The van der Waals surface area contributed by atoms with Gasteiger partial charge in [0, 0.05) is 17.0 Å². The van der Waals surface area contributed by atoms with E-state index in [0.29, 0.717) is 0 Å². The molecule has 2 rings (SSSR count). The van der Waals surface area contributed by atoms with E-state index in [2.05, 4.69) is 35.7 Å². The molecule has 0 amide bonds. The number of aromatic nitrogens is 1. The van der Waals surface area contributed by atoms with E-state index < -0.39 is 0 Å². The molecule has 0 aliphatic carbocycles. The Morgan fingerprint density at radius 2 is 1.72 bits per heavy atom. The Morgan fingerprint density at radius 3 is 2.33 bits per heavy atom. The zero-order valence-electron chi connectivity index (χ0n) is 10.5. The smallest absolute Gasteiger partial charge is 0.169 e. The number of hydrogen-bond acceptors (Lipinski definition) is 2. The van der Waals surface area contributed by atoms with Gasteiger partial charge < -0.3 is 4.74 Å². The number of rotatable bonds is 4. The summed E-state index contributed by atoms with van der Waals surface area (Å²) in [6.45, 7) is 0. The van der Waals surface area contributed by atoms with Crippen molar-refractivity contribution in [1.82, 2.24) is 0 Å². The third kappa shape index (κ3) is 3.64. The first-order valence-corrected chi connectivity index (χ1v) is 6.58. The molecule has 3 heteroatoms. The molecule has 1 heterocycles. The number of methoxy groups -OCH3 is 1. The molecule has 0 N–H and O–H groups in total. The molecule has 0 aliphatic heterocycles. The Bertz CT molecular complexity index is 517.